The van der Waals surface area contributed by atoms with Gasteiger partial charge in [-0.3, -0.25) is 4.79 Å². The number of aryl methyl sites for hydroxylation is 1. The Bertz CT molecular complexity index is 737. The first-order chi connectivity index (χ1) is 10.7. The Kier molecular flexibility index (Phi) is 4.06. The Labute approximate surface area is 126 Å². The van der Waals surface area contributed by atoms with E-state index in [1.165, 1.54) is 6.39 Å². The molecule has 1 unspecified atom stereocenters. The summed E-state index contributed by atoms with van der Waals surface area (Å²) < 4.78 is 12.2. The van der Waals surface area contributed by atoms with Gasteiger partial charge >= 0.3 is 0 Å². The van der Waals surface area contributed by atoms with E-state index in [1.807, 2.05) is 19.3 Å². The van der Waals surface area contributed by atoms with Crippen molar-refractivity contribution >= 4 is 5.78 Å². The lowest BCUT2D eigenvalue weighted by Crippen LogP contribution is -2.18. The normalized spacial score (nSPS) is 12.2. The van der Waals surface area contributed by atoms with Crippen LogP contribution in [0.2, 0.25) is 0 Å². The quantitative estimate of drug-likeness (QED) is 0.647. The van der Waals surface area contributed by atoms with Crippen LogP contribution in [0.15, 0.2) is 53.8 Å². The number of hydrogen-bond donors (Lipinski definition) is 0. The zero-order chi connectivity index (χ0) is 15.4. The number of hydrogen-bond acceptors (Lipinski definition) is 6. The topological polar surface area (TPSA) is 83.0 Å². The van der Waals surface area contributed by atoms with Gasteiger partial charge in [0.05, 0.1) is 18.6 Å². The van der Waals surface area contributed by atoms with Crippen LogP contribution in [0.4, 0.5) is 0 Å². The number of ketones is 1. The largest absolute Gasteiger partial charge is 0.355 e. The molecule has 3 rings (SSSR count). The van der Waals surface area contributed by atoms with Crippen LogP contribution in [0.3, 0.4) is 0 Å². The van der Waals surface area contributed by atoms with Gasteiger partial charge in [-0.2, -0.15) is 4.98 Å². The Morgan fingerprint density at radius 3 is 2.77 bits per heavy atom. The molecule has 0 amide bonds. The second kappa shape index (κ2) is 6.31. The summed E-state index contributed by atoms with van der Waals surface area (Å²) in [6, 6.07) is 8.87. The maximum Gasteiger partial charge on any atom is 0.213 e. The predicted molar refractivity (Wildman–Crippen MR) is 75.8 cm³/mol. The Morgan fingerprint density at radius 1 is 1.32 bits per heavy atom. The van der Waals surface area contributed by atoms with E-state index in [2.05, 4.69) is 15.1 Å². The Hall–Kier alpha value is -2.80. The van der Waals surface area contributed by atoms with Crippen molar-refractivity contribution in [3.63, 3.8) is 0 Å². The van der Waals surface area contributed by atoms with Crippen molar-refractivity contribution in [2.45, 2.75) is 12.7 Å². The average molecular weight is 298 g/mol. The molecule has 7 heteroatoms. The first-order valence-corrected chi connectivity index (χ1v) is 6.68. The van der Waals surface area contributed by atoms with E-state index in [1.54, 1.807) is 35.2 Å². The zero-order valence-electron chi connectivity index (χ0n) is 11.9. The fraction of sp³-hybridized carbons (Fsp3) is 0.200. The summed E-state index contributed by atoms with van der Waals surface area (Å²) in [6.45, 7) is 0.179. The molecule has 0 radical (unpaired) electrons. The smallest absolute Gasteiger partial charge is 0.213 e. The van der Waals surface area contributed by atoms with Crippen LogP contribution < -0.4 is 0 Å². The molecule has 22 heavy (non-hydrogen) atoms. The highest BCUT2D eigenvalue weighted by atomic mass is 16.5. The Balaban J connectivity index is 1.80. The summed E-state index contributed by atoms with van der Waals surface area (Å²) in [7, 11) is 1.86. The van der Waals surface area contributed by atoms with Gasteiger partial charge < -0.3 is 13.8 Å². The number of aromatic nitrogens is 4. The van der Waals surface area contributed by atoms with Gasteiger partial charge in [-0.1, -0.05) is 35.5 Å². The molecule has 0 aliphatic carbocycles. The number of ether oxygens (including phenoxy) is 1. The second-order valence-electron chi connectivity index (χ2n) is 4.74. The molecule has 3 aromatic rings. The van der Waals surface area contributed by atoms with Crippen LogP contribution in [-0.2, 0) is 18.4 Å². The van der Waals surface area contributed by atoms with E-state index in [0.29, 0.717) is 5.56 Å². The van der Waals surface area contributed by atoms with E-state index in [0.717, 1.165) is 5.69 Å². The van der Waals surface area contributed by atoms with Gasteiger partial charge in [0.25, 0.3) is 0 Å². The van der Waals surface area contributed by atoms with Gasteiger partial charge in [-0.05, 0) is 0 Å². The fourth-order valence-electron chi connectivity index (χ4n) is 2.03. The lowest BCUT2D eigenvalue weighted by Gasteiger charge is -2.12. The predicted octanol–water partition coefficient (Wildman–Crippen LogP) is 1.94. The molecule has 0 N–H and O–H groups in total. The van der Waals surface area contributed by atoms with Crippen molar-refractivity contribution in [3.05, 3.63) is 66.3 Å². The summed E-state index contributed by atoms with van der Waals surface area (Å²) >= 11 is 0. The van der Waals surface area contributed by atoms with Crippen LogP contribution in [0.5, 0.6) is 0 Å². The highest BCUT2D eigenvalue weighted by Crippen LogP contribution is 2.20. The third kappa shape index (κ3) is 3.09. The molecule has 1 atom stereocenters. The molecule has 1 aromatic carbocycles. The molecule has 0 saturated heterocycles. The third-order valence-corrected chi connectivity index (χ3v) is 3.07. The van der Waals surface area contributed by atoms with Crippen molar-refractivity contribution in [2.24, 2.45) is 7.05 Å². The van der Waals surface area contributed by atoms with E-state index in [9.17, 15) is 4.79 Å². The maximum atomic E-state index is 12.6. The van der Waals surface area contributed by atoms with Gasteiger partial charge in [-0.25, -0.2) is 4.98 Å². The number of Topliss-reactive ketones (excluding diaryl/α,β-unsaturated/α-hetero) is 1. The summed E-state index contributed by atoms with van der Waals surface area (Å²) in [4.78, 5) is 20.7. The van der Waals surface area contributed by atoms with Crippen LogP contribution in [0.1, 0.15) is 28.0 Å². The maximum absolute atomic E-state index is 12.6. The first kappa shape index (κ1) is 14.2. The molecule has 0 fully saturated rings. The molecule has 0 spiro atoms. The van der Waals surface area contributed by atoms with Gasteiger partial charge in [0, 0.05) is 18.8 Å². The molecule has 0 aliphatic rings. The monoisotopic (exact) mass is 298 g/mol. The minimum absolute atomic E-state index is 0.179. The van der Waals surface area contributed by atoms with E-state index < -0.39 is 6.10 Å². The molecule has 2 aromatic heterocycles. The van der Waals surface area contributed by atoms with Crippen molar-refractivity contribution in [2.75, 3.05) is 0 Å². The van der Waals surface area contributed by atoms with E-state index >= 15 is 0 Å². The van der Waals surface area contributed by atoms with Gasteiger partial charge in [0.15, 0.2) is 11.9 Å². The number of imidazole rings is 1. The van der Waals surface area contributed by atoms with Crippen LogP contribution in [0, 0.1) is 0 Å². The molecule has 7 nitrogen and oxygen atoms in total. The average Bonchev–Trinajstić information content (AvgIpc) is 3.20. The lowest BCUT2D eigenvalue weighted by atomic mass is 10.1. The van der Waals surface area contributed by atoms with Crippen molar-refractivity contribution < 1.29 is 14.1 Å². The van der Waals surface area contributed by atoms with E-state index in [4.69, 9.17) is 9.26 Å². The van der Waals surface area contributed by atoms with Crippen molar-refractivity contribution in [3.8, 4) is 0 Å². The molecule has 112 valence electrons. The summed E-state index contributed by atoms with van der Waals surface area (Å²) in [6.07, 6.45) is 3.73. The van der Waals surface area contributed by atoms with Gasteiger partial charge in [-0.15, -0.1) is 0 Å². The SMILES string of the molecule is Cn1cnc(COC(C(=O)c2ccccc2)c2ncon2)c1. The highest BCUT2D eigenvalue weighted by molar-refractivity contribution is 5.99. The van der Waals surface area contributed by atoms with E-state index in [-0.39, 0.29) is 18.2 Å². The number of nitrogens with zero attached hydrogens (tertiary/aromatic N) is 4. The minimum Gasteiger partial charge on any atom is -0.355 e. The molecule has 0 bridgehead atoms. The zero-order valence-corrected chi connectivity index (χ0v) is 11.9. The number of carbonyl (C=O) groups excluding carboxylic acids is 1. The van der Waals surface area contributed by atoms with Crippen LogP contribution in [0.25, 0.3) is 0 Å². The second-order valence-corrected chi connectivity index (χ2v) is 4.74. The van der Waals surface area contributed by atoms with Gasteiger partial charge in [0.1, 0.15) is 0 Å². The number of carbonyl (C=O) groups is 1. The molecule has 0 aliphatic heterocycles. The van der Waals surface area contributed by atoms with Crippen LogP contribution >= 0.6 is 0 Å². The Morgan fingerprint density at radius 2 is 2.14 bits per heavy atom. The van der Waals surface area contributed by atoms with Crippen molar-refractivity contribution in [1.82, 2.24) is 19.7 Å². The lowest BCUT2D eigenvalue weighted by molar-refractivity contribution is 0.0280. The first-order valence-electron chi connectivity index (χ1n) is 6.68. The fourth-order valence-corrected chi connectivity index (χ4v) is 2.03. The summed E-state index contributed by atoms with van der Waals surface area (Å²) in [5.41, 5.74) is 1.25. The summed E-state index contributed by atoms with van der Waals surface area (Å²) in [5.74, 6) is -0.0253. The number of rotatable bonds is 6. The minimum atomic E-state index is -0.928. The molecule has 0 saturated carbocycles. The highest BCUT2D eigenvalue weighted by Gasteiger charge is 2.27. The number of benzene rings is 1. The molecule has 2 heterocycles. The summed E-state index contributed by atoms with van der Waals surface area (Å²) in [5, 5.41) is 3.72. The van der Waals surface area contributed by atoms with Crippen molar-refractivity contribution in [1.29, 1.82) is 0 Å². The van der Waals surface area contributed by atoms with Crippen LogP contribution in [-0.4, -0.2) is 25.5 Å². The molecular formula is C15H14N4O3. The third-order valence-electron chi connectivity index (χ3n) is 3.07. The standard InChI is InChI=1S/C15H14N4O3/c1-19-7-12(16-9-19)8-21-14(15-17-10-22-18-15)13(20)11-5-3-2-4-6-11/h2-7,9-10,14H,8H2,1H3. The molecular weight excluding hydrogens is 284 g/mol. The van der Waals surface area contributed by atoms with Gasteiger partial charge in [0.2, 0.25) is 12.2 Å².